The van der Waals surface area contributed by atoms with Gasteiger partial charge in [0.25, 0.3) is 5.91 Å². The number of nitrogens with zero attached hydrogens (tertiary/aromatic N) is 3. The van der Waals surface area contributed by atoms with Crippen molar-refractivity contribution in [3.63, 3.8) is 0 Å². The molecule has 0 atom stereocenters. The van der Waals surface area contributed by atoms with Crippen LogP contribution in [0.25, 0.3) is 0 Å². The van der Waals surface area contributed by atoms with Gasteiger partial charge in [0.1, 0.15) is 6.54 Å². The van der Waals surface area contributed by atoms with Gasteiger partial charge in [-0.25, -0.2) is 0 Å². The van der Waals surface area contributed by atoms with Gasteiger partial charge in [0, 0.05) is 12.4 Å². The fourth-order valence-corrected chi connectivity index (χ4v) is 1.23. The van der Waals surface area contributed by atoms with Gasteiger partial charge in [-0.1, -0.05) is 0 Å². The molecule has 2 aromatic rings. The molecule has 0 spiro atoms. The minimum Gasteiger partial charge on any atom is -0.480 e. The van der Waals surface area contributed by atoms with E-state index in [0.29, 0.717) is 11.3 Å². The number of carbonyl (C=O) groups excluding carboxylic acids is 1. The van der Waals surface area contributed by atoms with E-state index in [1.807, 2.05) is 0 Å². The van der Waals surface area contributed by atoms with Crippen LogP contribution in [0.15, 0.2) is 24.8 Å². The molecule has 0 aliphatic carbocycles. The standard InChI is InChI=1S/C9H9N5O3/c15-8(16)5-14-4-7(3-12-14)13-9(17)6-1-10-11-2-6/h1-4H,5H2,(H,10,11)(H,13,17)(H,15,16). The van der Waals surface area contributed by atoms with Gasteiger partial charge in [-0.15, -0.1) is 0 Å². The Bertz CT molecular complexity index is 531. The number of hydrogen-bond donors (Lipinski definition) is 3. The second-order valence-corrected chi connectivity index (χ2v) is 3.26. The molecule has 1 amide bonds. The number of aromatic nitrogens is 4. The number of carboxylic acid groups (broad SMARTS) is 1. The number of aliphatic carboxylic acids is 1. The van der Waals surface area contributed by atoms with Crippen molar-refractivity contribution in [3.8, 4) is 0 Å². The minimum atomic E-state index is -0.999. The second-order valence-electron chi connectivity index (χ2n) is 3.26. The Kier molecular flexibility index (Phi) is 2.86. The average Bonchev–Trinajstić information content (AvgIpc) is 2.87. The fraction of sp³-hybridized carbons (Fsp3) is 0.111. The van der Waals surface area contributed by atoms with Crippen molar-refractivity contribution in [1.29, 1.82) is 0 Å². The number of aromatic amines is 1. The smallest absolute Gasteiger partial charge is 0.325 e. The maximum absolute atomic E-state index is 11.6. The van der Waals surface area contributed by atoms with Gasteiger partial charge in [0.2, 0.25) is 0 Å². The van der Waals surface area contributed by atoms with Crippen LogP contribution in [0.4, 0.5) is 5.69 Å². The van der Waals surface area contributed by atoms with E-state index in [9.17, 15) is 9.59 Å². The lowest BCUT2D eigenvalue weighted by atomic mass is 10.3. The van der Waals surface area contributed by atoms with E-state index in [-0.39, 0.29) is 12.5 Å². The van der Waals surface area contributed by atoms with Crippen LogP contribution in [0.2, 0.25) is 0 Å². The molecule has 0 aliphatic heterocycles. The summed E-state index contributed by atoms with van der Waals surface area (Å²) in [6.45, 7) is -0.248. The Balaban J connectivity index is 2.02. The maximum atomic E-state index is 11.6. The van der Waals surface area contributed by atoms with Gasteiger partial charge in [0.15, 0.2) is 0 Å². The van der Waals surface area contributed by atoms with Crippen molar-refractivity contribution in [3.05, 3.63) is 30.4 Å². The molecular formula is C9H9N5O3. The minimum absolute atomic E-state index is 0.248. The van der Waals surface area contributed by atoms with Crippen LogP contribution >= 0.6 is 0 Å². The summed E-state index contributed by atoms with van der Waals surface area (Å²) in [5, 5.41) is 21.1. The van der Waals surface area contributed by atoms with Crippen LogP contribution in [-0.4, -0.2) is 37.0 Å². The molecule has 88 valence electrons. The van der Waals surface area contributed by atoms with E-state index in [0.717, 1.165) is 0 Å². The average molecular weight is 235 g/mol. The third-order valence-corrected chi connectivity index (χ3v) is 1.95. The SMILES string of the molecule is O=C(O)Cn1cc(NC(=O)c2cn[nH]c2)cn1. The van der Waals surface area contributed by atoms with Crippen molar-refractivity contribution in [2.75, 3.05) is 5.32 Å². The van der Waals surface area contributed by atoms with Crippen LogP contribution in [0.5, 0.6) is 0 Å². The molecule has 0 bridgehead atoms. The third-order valence-electron chi connectivity index (χ3n) is 1.95. The summed E-state index contributed by atoms with van der Waals surface area (Å²) in [4.78, 5) is 22.0. The summed E-state index contributed by atoms with van der Waals surface area (Å²) in [5.74, 6) is -1.34. The summed E-state index contributed by atoms with van der Waals surface area (Å²) in [6, 6.07) is 0. The Labute approximate surface area is 95.3 Å². The molecule has 0 aliphatic rings. The summed E-state index contributed by atoms with van der Waals surface area (Å²) in [6.07, 6.45) is 5.65. The van der Waals surface area contributed by atoms with Crippen LogP contribution in [-0.2, 0) is 11.3 Å². The van der Waals surface area contributed by atoms with Crippen LogP contribution in [0.1, 0.15) is 10.4 Å². The molecule has 0 aromatic carbocycles. The normalized spacial score (nSPS) is 10.1. The maximum Gasteiger partial charge on any atom is 0.325 e. The largest absolute Gasteiger partial charge is 0.480 e. The van der Waals surface area contributed by atoms with Gasteiger partial charge in [-0.05, 0) is 0 Å². The molecule has 0 saturated heterocycles. The first kappa shape index (κ1) is 10.9. The molecule has 2 aromatic heterocycles. The van der Waals surface area contributed by atoms with Crippen LogP contribution in [0, 0.1) is 0 Å². The van der Waals surface area contributed by atoms with Crippen molar-refractivity contribution < 1.29 is 14.7 Å². The number of nitrogens with one attached hydrogen (secondary N) is 2. The summed E-state index contributed by atoms with van der Waals surface area (Å²) in [7, 11) is 0. The molecular weight excluding hydrogens is 226 g/mol. The molecule has 3 N–H and O–H groups in total. The molecule has 8 nitrogen and oxygen atoms in total. The van der Waals surface area contributed by atoms with Crippen molar-refractivity contribution in [1.82, 2.24) is 20.0 Å². The number of amides is 1. The quantitative estimate of drug-likeness (QED) is 0.687. The zero-order chi connectivity index (χ0) is 12.3. The van der Waals surface area contributed by atoms with E-state index >= 15 is 0 Å². The first-order valence-electron chi connectivity index (χ1n) is 4.69. The van der Waals surface area contributed by atoms with Crippen molar-refractivity contribution in [2.24, 2.45) is 0 Å². The number of hydrogen-bond acceptors (Lipinski definition) is 4. The molecule has 0 saturated carbocycles. The van der Waals surface area contributed by atoms with E-state index in [1.165, 1.54) is 29.5 Å². The van der Waals surface area contributed by atoms with Gasteiger partial charge in [0.05, 0.1) is 23.6 Å². The predicted molar refractivity (Wildman–Crippen MR) is 56.4 cm³/mol. The Morgan fingerprint density at radius 2 is 2.29 bits per heavy atom. The highest BCUT2D eigenvalue weighted by Crippen LogP contribution is 2.07. The van der Waals surface area contributed by atoms with Crippen LogP contribution in [0.3, 0.4) is 0 Å². The second kappa shape index (κ2) is 4.47. The number of rotatable bonds is 4. The van der Waals surface area contributed by atoms with E-state index in [4.69, 9.17) is 5.11 Å². The molecule has 0 radical (unpaired) electrons. The summed E-state index contributed by atoms with van der Waals surface area (Å²) >= 11 is 0. The zero-order valence-corrected chi connectivity index (χ0v) is 8.62. The Hall–Kier alpha value is -2.64. The van der Waals surface area contributed by atoms with Crippen molar-refractivity contribution >= 4 is 17.6 Å². The first-order chi connectivity index (χ1) is 8.15. The number of H-pyrrole nitrogens is 1. The van der Waals surface area contributed by atoms with Gasteiger partial charge < -0.3 is 10.4 Å². The highest BCUT2D eigenvalue weighted by atomic mass is 16.4. The van der Waals surface area contributed by atoms with Crippen molar-refractivity contribution in [2.45, 2.75) is 6.54 Å². The van der Waals surface area contributed by atoms with Gasteiger partial charge >= 0.3 is 5.97 Å². The Morgan fingerprint density at radius 3 is 2.94 bits per heavy atom. The number of carbonyl (C=O) groups is 2. The monoisotopic (exact) mass is 235 g/mol. The summed E-state index contributed by atoms with van der Waals surface area (Å²) < 4.78 is 1.22. The lowest BCUT2D eigenvalue weighted by Gasteiger charge is -1.98. The van der Waals surface area contributed by atoms with E-state index in [2.05, 4.69) is 20.6 Å². The molecule has 8 heteroatoms. The molecule has 2 heterocycles. The number of anilines is 1. The lowest BCUT2D eigenvalue weighted by Crippen LogP contribution is -2.11. The molecule has 2 rings (SSSR count). The van der Waals surface area contributed by atoms with E-state index in [1.54, 1.807) is 0 Å². The zero-order valence-electron chi connectivity index (χ0n) is 8.62. The van der Waals surface area contributed by atoms with Gasteiger partial charge in [-0.3, -0.25) is 19.4 Å². The molecule has 17 heavy (non-hydrogen) atoms. The number of carboxylic acids is 1. The first-order valence-corrected chi connectivity index (χ1v) is 4.69. The predicted octanol–water partition coefficient (Wildman–Crippen LogP) is -0.0569. The molecule has 0 fully saturated rings. The molecule has 0 unspecified atom stereocenters. The highest BCUT2D eigenvalue weighted by Gasteiger charge is 2.09. The van der Waals surface area contributed by atoms with E-state index < -0.39 is 5.97 Å². The highest BCUT2D eigenvalue weighted by molar-refractivity contribution is 6.03. The van der Waals surface area contributed by atoms with Crippen LogP contribution < -0.4 is 5.32 Å². The lowest BCUT2D eigenvalue weighted by molar-refractivity contribution is -0.137. The Morgan fingerprint density at radius 1 is 1.47 bits per heavy atom. The fourth-order valence-electron chi connectivity index (χ4n) is 1.23. The topological polar surface area (TPSA) is 113 Å². The summed E-state index contributed by atoms with van der Waals surface area (Å²) in [5.41, 5.74) is 0.813. The third kappa shape index (κ3) is 2.68. The van der Waals surface area contributed by atoms with Gasteiger partial charge in [-0.2, -0.15) is 10.2 Å².